The van der Waals surface area contributed by atoms with Crippen molar-refractivity contribution in [1.82, 2.24) is 9.88 Å². The quantitative estimate of drug-likeness (QED) is 0.894. The SMILES string of the molecule is CN1CCCC(Nc2cncc(Br)c2)C1. The molecule has 3 nitrogen and oxygen atoms in total. The molecule has 82 valence electrons. The minimum Gasteiger partial charge on any atom is -0.380 e. The third-order valence-corrected chi connectivity index (χ3v) is 3.13. The first-order valence-electron chi connectivity index (χ1n) is 5.29. The number of nitrogens with one attached hydrogen (secondary N) is 1. The number of aromatic nitrogens is 1. The van der Waals surface area contributed by atoms with Gasteiger partial charge in [0.25, 0.3) is 0 Å². The number of rotatable bonds is 2. The van der Waals surface area contributed by atoms with Crippen LogP contribution in [-0.2, 0) is 0 Å². The monoisotopic (exact) mass is 269 g/mol. The molecular weight excluding hydrogens is 254 g/mol. The van der Waals surface area contributed by atoms with Crippen LogP contribution in [-0.4, -0.2) is 36.1 Å². The van der Waals surface area contributed by atoms with Gasteiger partial charge in [-0.25, -0.2) is 0 Å². The lowest BCUT2D eigenvalue weighted by Gasteiger charge is -2.30. The van der Waals surface area contributed by atoms with E-state index in [2.05, 4.69) is 44.2 Å². The second kappa shape index (κ2) is 4.94. The number of likely N-dealkylation sites (N-methyl/N-ethyl adjacent to an activating group) is 1. The van der Waals surface area contributed by atoms with Crippen molar-refractivity contribution in [3.63, 3.8) is 0 Å². The van der Waals surface area contributed by atoms with Gasteiger partial charge >= 0.3 is 0 Å². The summed E-state index contributed by atoms with van der Waals surface area (Å²) in [5.74, 6) is 0. The van der Waals surface area contributed by atoms with E-state index >= 15 is 0 Å². The predicted octanol–water partition coefficient (Wildman–Crippen LogP) is 2.35. The zero-order valence-corrected chi connectivity index (χ0v) is 10.5. The summed E-state index contributed by atoms with van der Waals surface area (Å²) in [6.45, 7) is 2.33. The largest absolute Gasteiger partial charge is 0.380 e. The summed E-state index contributed by atoms with van der Waals surface area (Å²) in [7, 11) is 2.17. The van der Waals surface area contributed by atoms with Crippen LogP contribution in [0.2, 0.25) is 0 Å². The van der Waals surface area contributed by atoms with Crippen LogP contribution < -0.4 is 5.32 Å². The smallest absolute Gasteiger partial charge is 0.0540 e. The molecule has 2 heterocycles. The lowest BCUT2D eigenvalue weighted by atomic mass is 10.1. The van der Waals surface area contributed by atoms with Gasteiger partial charge in [0.1, 0.15) is 0 Å². The van der Waals surface area contributed by atoms with E-state index < -0.39 is 0 Å². The second-order valence-electron chi connectivity index (χ2n) is 4.14. The summed E-state index contributed by atoms with van der Waals surface area (Å²) >= 11 is 3.43. The minimum atomic E-state index is 0.555. The molecule has 0 saturated carbocycles. The van der Waals surface area contributed by atoms with Gasteiger partial charge in [0.2, 0.25) is 0 Å². The minimum absolute atomic E-state index is 0.555. The molecule has 0 spiro atoms. The molecule has 2 rings (SSSR count). The third kappa shape index (κ3) is 3.18. The van der Waals surface area contributed by atoms with E-state index in [0.29, 0.717) is 6.04 Å². The zero-order valence-electron chi connectivity index (χ0n) is 8.91. The average Bonchev–Trinajstić information content (AvgIpc) is 2.17. The van der Waals surface area contributed by atoms with E-state index in [-0.39, 0.29) is 0 Å². The molecular formula is C11H16BrN3. The van der Waals surface area contributed by atoms with Gasteiger partial charge in [0, 0.05) is 23.3 Å². The molecule has 0 aliphatic carbocycles. The summed E-state index contributed by atoms with van der Waals surface area (Å²) in [5.41, 5.74) is 1.10. The molecule has 0 bridgehead atoms. The van der Waals surface area contributed by atoms with Crippen LogP contribution in [0.15, 0.2) is 22.9 Å². The first kappa shape index (κ1) is 10.9. The highest BCUT2D eigenvalue weighted by Crippen LogP contribution is 2.17. The van der Waals surface area contributed by atoms with E-state index in [4.69, 9.17) is 0 Å². The fourth-order valence-corrected chi connectivity index (χ4v) is 2.38. The Bertz CT molecular complexity index is 329. The topological polar surface area (TPSA) is 28.2 Å². The van der Waals surface area contributed by atoms with E-state index in [9.17, 15) is 0 Å². The van der Waals surface area contributed by atoms with Crippen molar-refractivity contribution in [3.8, 4) is 0 Å². The van der Waals surface area contributed by atoms with Crippen LogP contribution >= 0.6 is 15.9 Å². The summed E-state index contributed by atoms with van der Waals surface area (Å²) in [4.78, 5) is 6.51. The Morgan fingerprint density at radius 3 is 3.13 bits per heavy atom. The molecule has 1 aliphatic heterocycles. The van der Waals surface area contributed by atoms with E-state index in [1.807, 2.05) is 6.20 Å². The van der Waals surface area contributed by atoms with Crippen LogP contribution in [0.3, 0.4) is 0 Å². The van der Waals surface area contributed by atoms with Gasteiger partial charge in [-0.15, -0.1) is 0 Å². The van der Waals surface area contributed by atoms with Crippen LogP contribution in [0.5, 0.6) is 0 Å². The summed E-state index contributed by atoms with van der Waals surface area (Å²) in [6.07, 6.45) is 6.20. The predicted molar refractivity (Wildman–Crippen MR) is 66.1 cm³/mol. The molecule has 1 aromatic rings. The van der Waals surface area contributed by atoms with Crippen molar-refractivity contribution in [3.05, 3.63) is 22.9 Å². The molecule has 1 saturated heterocycles. The van der Waals surface area contributed by atoms with Gasteiger partial charge in [-0.2, -0.15) is 0 Å². The number of hydrogen-bond donors (Lipinski definition) is 1. The Hall–Kier alpha value is -0.610. The summed E-state index contributed by atoms with van der Waals surface area (Å²) in [5, 5.41) is 3.52. The first-order valence-corrected chi connectivity index (χ1v) is 6.09. The molecule has 15 heavy (non-hydrogen) atoms. The fraction of sp³-hybridized carbons (Fsp3) is 0.545. The van der Waals surface area contributed by atoms with Crippen molar-refractivity contribution >= 4 is 21.6 Å². The van der Waals surface area contributed by atoms with Gasteiger partial charge in [-0.3, -0.25) is 4.98 Å². The molecule has 1 fully saturated rings. The number of pyridine rings is 1. The Labute approximate surface area is 99.0 Å². The molecule has 0 amide bonds. The Morgan fingerprint density at radius 1 is 1.53 bits per heavy atom. The van der Waals surface area contributed by atoms with Gasteiger partial charge in [0.15, 0.2) is 0 Å². The molecule has 0 aromatic carbocycles. The van der Waals surface area contributed by atoms with Crippen LogP contribution in [0.4, 0.5) is 5.69 Å². The van der Waals surface area contributed by atoms with Crippen LogP contribution in [0.25, 0.3) is 0 Å². The molecule has 1 unspecified atom stereocenters. The number of anilines is 1. The maximum absolute atomic E-state index is 4.15. The van der Waals surface area contributed by atoms with Crippen LogP contribution in [0, 0.1) is 0 Å². The Kier molecular flexibility index (Phi) is 3.59. The Balaban J connectivity index is 1.96. The standard InChI is InChI=1S/C11H16BrN3/c1-15-4-2-3-10(8-15)14-11-5-9(12)6-13-7-11/h5-7,10,14H,2-4,8H2,1H3. The maximum Gasteiger partial charge on any atom is 0.0540 e. The molecule has 1 aromatic heterocycles. The van der Waals surface area contributed by atoms with E-state index in [1.165, 1.54) is 19.4 Å². The highest BCUT2D eigenvalue weighted by Gasteiger charge is 2.16. The molecule has 1 atom stereocenters. The molecule has 1 aliphatic rings. The number of piperidine rings is 1. The molecule has 4 heteroatoms. The van der Waals surface area contributed by atoms with E-state index in [1.54, 1.807) is 6.20 Å². The number of likely N-dealkylation sites (tertiary alicyclic amines) is 1. The maximum atomic E-state index is 4.15. The lowest BCUT2D eigenvalue weighted by Crippen LogP contribution is -2.39. The highest BCUT2D eigenvalue weighted by molar-refractivity contribution is 9.10. The number of nitrogens with zero attached hydrogens (tertiary/aromatic N) is 2. The van der Waals surface area contributed by atoms with Gasteiger partial charge < -0.3 is 10.2 Å². The average molecular weight is 270 g/mol. The van der Waals surface area contributed by atoms with E-state index in [0.717, 1.165) is 16.7 Å². The van der Waals surface area contributed by atoms with Crippen molar-refractivity contribution in [2.45, 2.75) is 18.9 Å². The van der Waals surface area contributed by atoms with Gasteiger partial charge in [-0.1, -0.05) is 0 Å². The fourth-order valence-electron chi connectivity index (χ4n) is 2.01. The number of hydrogen-bond acceptors (Lipinski definition) is 3. The molecule has 0 radical (unpaired) electrons. The third-order valence-electron chi connectivity index (χ3n) is 2.70. The van der Waals surface area contributed by atoms with Crippen molar-refractivity contribution in [2.24, 2.45) is 0 Å². The van der Waals surface area contributed by atoms with Gasteiger partial charge in [0.05, 0.1) is 11.9 Å². The Morgan fingerprint density at radius 2 is 2.40 bits per heavy atom. The van der Waals surface area contributed by atoms with Crippen LogP contribution in [0.1, 0.15) is 12.8 Å². The normalized spacial score (nSPS) is 22.7. The van der Waals surface area contributed by atoms with Crippen molar-refractivity contribution in [2.75, 3.05) is 25.5 Å². The molecule has 1 N–H and O–H groups in total. The first-order chi connectivity index (χ1) is 7.24. The second-order valence-corrected chi connectivity index (χ2v) is 5.05. The summed E-state index contributed by atoms with van der Waals surface area (Å²) < 4.78 is 1.02. The summed E-state index contributed by atoms with van der Waals surface area (Å²) in [6, 6.07) is 2.63. The zero-order chi connectivity index (χ0) is 10.7. The van der Waals surface area contributed by atoms with Crippen molar-refractivity contribution in [1.29, 1.82) is 0 Å². The highest BCUT2D eigenvalue weighted by atomic mass is 79.9. The number of halogens is 1. The van der Waals surface area contributed by atoms with Crippen molar-refractivity contribution < 1.29 is 0 Å². The van der Waals surface area contributed by atoms with Gasteiger partial charge in [-0.05, 0) is 48.4 Å². The lowest BCUT2D eigenvalue weighted by molar-refractivity contribution is 0.261.